The molecule has 4 nitrogen and oxygen atoms in total. The van der Waals surface area contributed by atoms with Gasteiger partial charge in [0.2, 0.25) is 0 Å². The second-order valence-electron chi connectivity index (χ2n) is 6.54. The van der Waals surface area contributed by atoms with Crippen molar-refractivity contribution in [1.29, 1.82) is 0 Å². The Morgan fingerprint density at radius 1 is 1.27 bits per heavy atom. The summed E-state index contributed by atoms with van der Waals surface area (Å²) in [4.78, 5) is 12.3. The summed E-state index contributed by atoms with van der Waals surface area (Å²) in [7, 11) is 0. The molecule has 1 atom stereocenters. The molecule has 0 aliphatic carbocycles. The number of benzene rings is 1. The van der Waals surface area contributed by atoms with Crippen molar-refractivity contribution in [3.8, 4) is 5.69 Å². The van der Waals surface area contributed by atoms with Crippen LogP contribution in [0.3, 0.4) is 0 Å². The minimum absolute atomic E-state index is 0.0901. The number of carbonyl (C=O) groups excluding carboxylic acids is 1. The first-order chi connectivity index (χ1) is 10.4. The minimum atomic E-state index is -0.371. The molecule has 1 amide bonds. The van der Waals surface area contributed by atoms with Crippen molar-refractivity contribution in [2.75, 3.05) is 6.54 Å². The minimum Gasteiger partial charge on any atom is -0.393 e. The van der Waals surface area contributed by atoms with E-state index in [4.69, 9.17) is 0 Å². The van der Waals surface area contributed by atoms with E-state index in [1.165, 1.54) is 0 Å². The lowest BCUT2D eigenvalue weighted by atomic mass is 9.87. The van der Waals surface area contributed by atoms with Crippen molar-refractivity contribution in [1.82, 2.24) is 9.88 Å². The molecule has 1 aromatic heterocycles. The zero-order valence-electron chi connectivity index (χ0n) is 13.4. The molecule has 0 saturated heterocycles. The second kappa shape index (κ2) is 6.79. The summed E-state index contributed by atoms with van der Waals surface area (Å²) in [5.41, 5.74) is 1.46. The summed E-state index contributed by atoms with van der Waals surface area (Å²) in [5, 5.41) is 12.5. The number of nitrogens with zero attached hydrogens (tertiary/aromatic N) is 1. The fraction of sp³-hybridized carbons (Fsp3) is 0.389. The highest BCUT2D eigenvalue weighted by Gasteiger charge is 2.21. The van der Waals surface area contributed by atoms with Crippen LogP contribution >= 0.6 is 0 Å². The Kier molecular flexibility index (Phi) is 5.03. The van der Waals surface area contributed by atoms with E-state index in [0.717, 1.165) is 5.69 Å². The molecule has 4 heteroatoms. The third-order valence-electron chi connectivity index (χ3n) is 3.59. The van der Waals surface area contributed by atoms with Crippen LogP contribution in [0.25, 0.3) is 5.69 Å². The van der Waals surface area contributed by atoms with E-state index in [0.29, 0.717) is 18.5 Å². The number of hydrogen-bond donors (Lipinski definition) is 2. The normalized spacial score (nSPS) is 12.9. The fourth-order valence-corrected chi connectivity index (χ4v) is 2.61. The molecule has 1 aromatic carbocycles. The topological polar surface area (TPSA) is 54.3 Å². The predicted octanol–water partition coefficient (Wildman–Crippen LogP) is 3.00. The number of aromatic nitrogens is 1. The monoisotopic (exact) mass is 300 g/mol. The molecule has 0 aliphatic rings. The Morgan fingerprint density at radius 3 is 2.59 bits per heavy atom. The largest absolute Gasteiger partial charge is 0.393 e. The van der Waals surface area contributed by atoms with Gasteiger partial charge in [-0.3, -0.25) is 4.79 Å². The number of hydrogen-bond acceptors (Lipinski definition) is 2. The molecular weight excluding hydrogens is 276 g/mol. The maximum Gasteiger partial charge on any atom is 0.251 e. The Hall–Kier alpha value is -2.07. The van der Waals surface area contributed by atoms with Gasteiger partial charge in [0.15, 0.2) is 0 Å². The van der Waals surface area contributed by atoms with Crippen LogP contribution in [0.2, 0.25) is 0 Å². The number of rotatable bonds is 6. The molecule has 0 aliphatic heterocycles. The molecule has 0 fully saturated rings. The van der Waals surface area contributed by atoms with E-state index in [9.17, 15) is 9.90 Å². The van der Waals surface area contributed by atoms with Crippen LogP contribution in [0.1, 0.15) is 37.6 Å². The lowest BCUT2D eigenvalue weighted by molar-refractivity contribution is 0.0902. The third kappa shape index (κ3) is 4.46. The highest BCUT2D eigenvalue weighted by Crippen LogP contribution is 2.21. The van der Waals surface area contributed by atoms with E-state index >= 15 is 0 Å². The molecule has 22 heavy (non-hydrogen) atoms. The van der Waals surface area contributed by atoms with Crippen molar-refractivity contribution in [2.24, 2.45) is 5.41 Å². The first-order valence-corrected chi connectivity index (χ1v) is 7.57. The van der Waals surface area contributed by atoms with Gasteiger partial charge in [-0.15, -0.1) is 0 Å². The first kappa shape index (κ1) is 16.3. The quantitative estimate of drug-likeness (QED) is 0.861. The van der Waals surface area contributed by atoms with Gasteiger partial charge in [0.25, 0.3) is 5.91 Å². The summed E-state index contributed by atoms with van der Waals surface area (Å²) < 4.78 is 1.97. The summed E-state index contributed by atoms with van der Waals surface area (Å²) >= 11 is 0. The average molecular weight is 300 g/mol. The average Bonchev–Trinajstić information content (AvgIpc) is 2.98. The van der Waals surface area contributed by atoms with Crippen LogP contribution in [0.15, 0.2) is 48.8 Å². The molecule has 2 rings (SSSR count). The van der Waals surface area contributed by atoms with E-state index in [1.54, 1.807) is 6.92 Å². The lowest BCUT2D eigenvalue weighted by Gasteiger charge is -2.26. The summed E-state index contributed by atoms with van der Waals surface area (Å²) in [5.74, 6) is -0.0901. The van der Waals surface area contributed by atoms with Gasteiger partial charge in [-0.1, -0.05) is 19.9 Å². The van der Waals surface area contributed by atoms with Gasteiger partial charge in [0.1, 0.15) is 0 Å². The van der Waals surface area contributed by atoms with Gasteiger partial charge in [0.05, 0.1) is 6.10 Å². The molecule has 118 valence electrons. The third-order valence-corrected chi connectivity index (χ3v) is 3.59. The zero-order valence-corrected chi connectivity index (χ0v) is 13.4. The Morgan fingerprint density at radius 2 is 1.95 bits per heavy atom. The number of aliphatic hydroxyl groups is 1. The van der Waals surface area contributed by atoms with Crippen molar-refractivity contribution in [2.45, 2.75) is 33.3 Å². The summed E-state index contributed by atoms with van der Waals surface area (Å²) in [6.07, 6.45) is 4.17. The lowest BCUT2D eigenvalue weighted by Crippen LogP contribution is -2.35. The van der Waals surface area contributed by atoms with Crippen molar-refractivity contribution in [3.63, 3.8) is 0 Å². The van der Waals surface area contributed by atoms with Crippen LogP contribution in [0, 0.1) is 5.41 Å². The Bertz CT molecular complexity index is 616. The maximum atomic E-state index is 12.3. The molecule has 2 N–H and O–H groups in total. The molecule has 1 heterocycles. The Balaban J connectivity index is 2.03. The molecule has 0 radical (unpaired) electrons. The second-order valence-corrected chi connectivity index (χ2v) is 6.54. The van der Waals surface area contributed by atoms with Gasteiger partial charge in [-0.2, -0.15) is 0 Å². The molecule has 0 bridgehead atoms. The Labute approximate surface area is 131 Å². The van der Waals surface area contributed by atoms with Gasteiger partial charge < -0.3 is 15.0 Å². The predicted molar refractivity (Wildman–Crippen MR) is 88.2 cm³/mol. The highest BCUT2D eigenvalue weighted by molar-refractivity contribution is 5.94. The fourth-order valence-electron chi connectivity index (χ4n) is 2.61. The van der Waals surface area contributed by atoms with Crippen LogP contribution < -0.4 is 5.32 Å². The van der Waals surface area contributed by atoms with Gasteiger partial charge in [-0.25, -0.2) is 0 Å². The number of carbonyl (C=O) groups is 1. The standard InChI is InChI=1S/C18H24N2O2/c1-14(21)12-18(2,3)13-19-17(22)15-7-6-8-16(11-15)20-9-4-5-10-20/h4-11,14,21H,12-13H2,1-3H3,(H,19,22). The molecule has 0 saturated carbocycles. The summed E-state index contributed by atoms with van der Waals surface area (Å²) in [6, 6.07) is 11.4. The maximum absolute atomic E-state index is 12.3. The van der Waals surface area contributed by atoms with E-state index < -0.39 is 0 Å². The van der Waals surface area contributed by atoms with Crippen molar-refractivity contribution >= 4 is 5.91 Å². The van der Waals surface area contributed by atoms with Crippen molar-refractivity contribution in [3.05, 3.63) is 54.4 Å². The van der Waals surface area contributed by atoms with Crippen LogP contribution in [0.5, 0.6) is 0 Å². The van der Waals surface area contributed by atoms with E-state index in [-0.39, 0.29) is 17.4 Å². The zero-order chi connectivity index (χ0) is 16.2. The molecular formula is C18H24N2O2. The summed E-state index contributed by atoms with van der Waals surface area (Å²) in [6.45, 7) is 6.38. The number of amides is 1. The molecule has 0 spiro atoms. The number of nitrogens with one attached hydrogen (secondary N) is 1. The SMILES string of the molecule is CC(O)CC(C)(C)CNC(=O)c1cccc(-n2cccc2)c1. The van der Waals surface area contributed by atoms with Crippen LogP contribution in [0.4, 0.5) is 0 Å². The molecule has 2 aromatic rings. The smallest absolute Gasteiger partial charge is 0.251 e. The molecule has 1 unspecified atom stereocenters. The number of aliphatic hydroxyl groups excluding tert-OH is 1. The van der Waals surface area contributed by atoms with Gasteiger partial charge >= 0.3 is 0 Å². The van der Waals surface area contributed by atoms with Gasteiger partial charge in [-0.05, 0) is 49.1 Å². The van der Waals surface area contributed by atoms with Crippen molar-refractivity contribution < 1.29 is 9.90 Å². The van der Waals surface area contributed by atoms with Crippen LogP contribution in [-0.2, 0) is 0 Å². The first-order valence-electron chi connectivity index (χ1n) is 7.57. The van der Waals surface area contributed by atoms with E-state index in [2.05, 4.69) is 5.32 Å². The van der Waals surface area contributed by atoms with E-state index in [1.807, 2.05) is 67.2 Å². The van der Waals surface area contributed by atoms with Crippen LogP contribution in [-0.4, -0.2) is 28.2 Å². The van der Waals surface area contributed by atoms with Gasteiger partial charge in [0, 0.05) is 30.2 Å². The highest BCUT2D eigenvalue weighted by atomic mass is 16.3.